The zero-order chi connectivity index (χ0) is 23.3. The van der Waals surface area contributed by atoms with Gasteiger partial charge >= 0.3 is 6.09 Å². The summed E-state index contributed by atoms with van der Waals surface area (Å²) in [6, 6.07) is 5.67. The van der Waals surface area contributed by atoms with Gasteiger partial charge in [-0.2, -0.15) is 0 Å². The first-order chi connectivity index (χ1) is 15.2. The van der Waals surface area contributed by atoms with Gasteiger partial charge in [-0.1, -0.05) is 0 Å². The maximum Gasteiger partial charge on any atom is 0.407 e. The Morgan fingerprint density at radius 3 is 2.50 bits per heavy atom. The lowest BCUT2D eigenvalue weighted by molar-refractivity contribution is -0.107. The molecule has 0 saturated heterocycles. The molecule has 1 aliphatic rings. The van der Waals surface area contributed by atoms with Crippen LogP contribution < -0.4 is 19.7 Å². The number of nitrogens with one attached hydrogen (secondary N) is 1. The predicted molar refractivity (Wildman–Crippen MR) is 123 cm³/mol. The summed E-state index contributed by atoms with van der Waals surface area (Å²) < 4.78 is 16.3. The Labute approximate surface area is 189 Å². The number of aromatic nitrogens is 1. The molecular weight excluding hydrogens is 410 g/mol. The van der Waals surface area contributed by atoms with Crippen LogP contribution in [0, 0.1) is 5.92 Å². The van der Waals surface area contributed by atoms with Gasteiger partial charge in [-0.05, 0) is 70.6 Å². The lowest BCUT2D eigenvalue weighted by atomic mass is 9.85. The Bertz CT molecular complexity index is 943. The Balaban J connectivity index is 1.71. The fourth-order valence-electron chi connectivity index (χ4n) is 4.14. The van der Waals surface area contributed by atoms with E-state index in [1.807, 2.05) is 39.0 Å². The molecule has 0 aliphatic heterocycles. The molecule has 1 heterocycles. The number of methoxy groups -OCH3 is 2. The quantitative estimate of drug-likeness (QED) is 0.642. The molecule has 32 heavy (non-hydrogen) atoms. The molecule has 1 aliphatic carbocycles. The number of ether oxygens (including phenoxy) is 3. The van der Waals surface area contributed by atoms with E-state index >= 15 is 0 Å². The number of carbonyl (C=O) groups is 2. The van der Waals surface area contributed by atoms with E-state index in [0.29, 0.717) is 29.6 Å². The van der Waals surface area contributed by atoms with E-state index in [0.717, 1.165) is 43.0 Å². The maximum absolute atomic E-state index is 12.1. The summed E-state index contributed by atoms with van der Waals surface area (Å²) in [7, 11) is 3.18. The average Bonchev–Trinajstić information content (AvgIpc) is 2.76. The average molecular weight is 444 g/mol. The molecule has 0 unspecified atom stereocenters. The minimum absolute atomic E-state index is 0.0892. The Hall–Kier alpha value is -3.03. The molecule has 1 aromatic heterocycles. The molecule has 0 bridgehead atoms. The summed E-state index contributed by atoms with van der Waals surface area (Å²) >= 11 is 0. The lowest BCUT2D eigenvalue weighted by Gasteiger charge is -2.32. The fourth-order valence-corrected chi connectivity index (χ4v) is 4.14. The second-order valence-corrected chi connectivity index (χ2v) is 9.18. The van der Waals surface area contributed by atoms with Gasteiger partial charge < -0.3 is 24.4 Å². The molecular formula is C24H33N3O5. The topological polar surface area (TPSA) is 90.0 Å². The van der Waals surface area contributed by atoms with Gasteiger partial charge in [-0.15, -0.1) is 0 Å². The molecule has 2 aromatic rings. The second kappa shape index (κ2) is 10.1. The number of fused-ring (bicyclic) bond motifs is 1. The standard InChI is InChI=1S/C24H33N3O5/c1-24(2,3)32-23(29)26-17-8-6-16(7-9-17)14-27(15-28)22-19-12-18(30-4)10-11-20(19)25-13-21(22)31-5/h10-13,15-17H,6-9,14H2,1-5H3,(H,26,29). The van der Waals surface area contributed by atoms with Gasteiger partial charge in [0, 0.05) is 18.0 Å². The highest BCUT2D eigenvalue weighted by atomic mass is 16.6. The molecule has 2 amide bonds. The van der Waals surface area contributed by atoms with Crippen LogP contribution in [0.4, 0.5) is 10.5 Å². The van der Waals surface area contributed by atoms with Crippen molar-refractivity contribution >= 4 is 29.1 Å². The fraction of sp³-hybridized carbons (Fsp3) is 0.542. The highest BCUT2D eigenvalue weighted by molar-refractivity contribution is 6.00. The lowest BCUT2D eigenvalue weighted by Crippen LogP contribution is -2.42. The first-order valence-corrected chi connectivity index (χ1v) is 11.0. The van der Waals surface area contributed by atoms with Crippen molar-refractivity contribution in [1.29, 1.82) is 0 Å². The number of hydrogen-bond donors (Lipinski definition) is 1. The van der Waals surface area contributed by atoms with Crippen molar-refractivity contribution < 1.29 is 23.8 Å². The van der Waals surface area contributed by atoms with Gasteiger partial charge in [0.05, 0.1) is 31.6 Å². The largest absolute Gasteiger partial charge is 0.497 e. The minimum atomic E-state index is -0.513. The van der Waals surface area contributed by atoms with Gasteiger partial charge in [-0.3, -0.25) is 9.78 Å². The second-order valence-electron chi connectivity index (χ2n) is 9.18. The highest BCUT2D eigenvalue weighted by Gasteiger charge is 2.27. The van der Waals surface area contributed by atoms with Crippen LogP contribution in [0.5, 0.6) is 11.5 Å². The predicted octanol–water partition coefficient (Wildman–Crippen LogP) is 4.30. The van der Waals surface area contributed by atoms with Crippen LogP contribution in [0.2, 0.25) is 0 Å². The molecule has 0 radical (unpaired) electrons. The van der Waals surface area contributed by atoms with Gasteiger partial charge in [0.1, 0.15) is 11.4 Å². The molecule has 1 saturated carbocycles. The molecule has 3 rings (SSSR count). The third kappa shape index (κ3) is 5.81. The van der Waals surface area contributed by atoms with E-state index in [4.69, 9.17) is 14.2 Å². The summed E-state index contributed by atoms with van der Waals surface area (Å²) in [5.41, 5.74) is 0.944. The van der Waals surface area contributed by atoms with Crippen LogP contribution in [0.25, 0.3) is 10.9 Å². The van der Waals surface area contributed by atoms with Crippen molar-refractivity contribution in [1.82, 2.24) is 10.3 Å². The van der Waals surface area contributed by atoms with E-state index < -0.39 is 5.60 Å². The summed E-state index contributed by atoms with van der Waals surface area (Å²) in [5, 5.41) is 3.77. The SMILES string of the molecule is COc1ccc2ncc(OC)c(N(C=O)CC3CCC(NC(=O)OC(C)(C)C)CC3)c2c1. The van der Waals surface area contributed by atoms with Crippen LogP contribution in [0.1, 0.15) is 46.5 Å². The Morgan fingerprint density at radius 1 is 1.19 bits per heavy atom. The van der Waals surface area contributed by atoms with Gasteiger partial charge in [0.15, 0.2) is 5.75 Å². The molecule has 8 nitrogen and oxygen atoms in total. The van der Waals surface area contributed by atoms with Crippen molar-refractivity contribution in [3.8, 4) is 11.5 Å². The number of amides is 2. The summed E-state index contributed by atoms with van der Waals surface area (Å²) in [6.07, 6.45) is 5.61. The van der Waals surface area contributed by atoms with Crippen molar-refractivity contribution in [3.05, 3.63) is 24.4 Å². The van der Waals surface area contributed by atoms with E-state index in [9.17, 15) is 9.59 Å². The number of pyridine rings is 1. The van der Waals surface area contributed by atoms with Crippen LogP contribution in [0.15, 0.2) is 24.4 Å². The van der Waals surface area contributed by atoms with Crippen LogP contribution in [-0.2, 0) is 9.53 Å². The van der Waals surface area contributed by atoms with E-state index in [1.54, 1.807) is 25.3 Å². The molecule has 1 aromatic carbocycles. The molecule has 1 N–H and O–H groups in total. The molecule has 0 atom stereocenters. The van der Waals surface area contributed by atoms with Gasteiger partial charge in [-0.25, -0.2) is 4.79 Å². The minimum Gasteiger partial charge on any atom is -0.497 e. The first-order valence-electron chi connectivity index (χ1n) is 11.0. The smallest absolute Gasteiger partial charge is 0.407 e. The molecule has 0 spiro atoms. The van der Waals surface area contributed by atoms with Crippen molar-refractivity contribution in [2.24, 2.45) is 5.92 Å². The summed E-state index contributed by atoms with van der Waals surface area (Å²) in [4.78, 5) is 30.3. The monoisotopic (exact) mass is 443 g/mol. The van der Waals surface area contributed by atoms with Crippen LogP contribution in [0.3, 0.4) is 0 Å². The van der Waals surface area contributed by atoms with Crippen molar-refractivity contribution in [2.75, 3.05) is 25.7 Å². The van der Waals surface area contributed by atoms with Crippen LogP contribution in [-0.4, -0.2) is 49.9 Å². The molecule has 174 valence electrons. The normalized spacial score (nSPS) is 18.7. The number of alkyl carbamates (subject to hydrolysis) is 1. The third-order valence-electron chi connectivity index (χ3n) is 5.67. The Morgan fingerprint density at radius 2 is 1.91 bits per heavy atom. The number of nitrogens with zero attached hydrogens (tertiary/aromatic N) is 2. The van der Waals surface area contributed by atoms with E-state index in [1.165, 1.54) is 0 Å². The van der Waals surface area contributed by atoms with Crippen LogP contribution >= 0.6 is 0 Å². The molecule has 1 fully saturated rings. The van der Waals surface area contributed by atoms with E-state index in [-0.39, 0.29) is 12.1 Å². The van der Waals surface area contributed by atoms with Gasteiger partial charge in [0.2, 0.25) is 6.41 Å². The number of anilines is 1. The number of carbonyl (C=O) groups excluding carboxylic acids is 2. The Kier molecular flexibility index (Phi) is 7.43. The van der Waals surface area contributed by atoms with Crippen molar-refractivity contribution in [2.45, 2.75) is 58.1 Å². The van der Waals surface area contributed by atoms with Gasteiger partial charge in [0.25, 0.3) is 0 Å². The highest BCUT2D eigenvalue weighted by Crippen LogP contribution is 2.37. The zero-order valence-corrected chi connectivity index (χ0v) is 19.5. The number of hydrogen-bond acceptors (Lipinski definition) is 6. The number of rotatable bonds is 7. The summed E-state index contributed by atoms with van der Waals surface area (Å²) in [5.74, 6) is 1.54. The number of benzene rings is 1. The maximum atomic E-state index is 12.1. The zero-order valence-electron chi connectivity index (χ0n) is 19.5. The van der Waals surface area contributed by atoms with E-state index in [2.05, 4.69) is 10.3 Å². The first kappa shape index (κ1) is 23.6. The molecule has 8 heteroatoms. The summed E-state index contributed by atoms with van der Waals surface area (Å²) in [6.45, 7) is 6.12. The third-order valence-corrected chi connectivity index (χ3v) is 5.67. The van der Waals surface area contributed by atoms with Crippen molar-refractivity contribution in [3.63, 3.8) is 0 Å².